The van der Waals surface area contributed by atoms with Crippen LogP contribution >= 0.6 is 11.6 Å². The number of halogens is 3. The van der Waals surface area contributed by atoms with Crippen LogP contribution in [0.2, 0.25) is 0 Å². The fourth-order valence-electron chi connectivity index (χ4n) is 1.46. The van der Waals surface area contributed by atoms with E-state index in [0.29, 0.717) is 0 Å². The van der Waals surface area contributed by atoms with Gasteiger partial charge in [-0.1, -0.05) is 0 Å². The minimum atomic E-state index is -2.55. The highest BCUT2D eigenvalue weighted by atomic mass is 35.5. The van der Waals surface area contributed by atoms with Crippen molar-refractivity contribution in [3.63, 3.8) is 0 Å². The van der Waals surface area contributed by atoms with E-state index in [0.717, 1.165) is 0 Å². The first-order valence-corrected chi connectivity index (χ1v) is 4.24. The van der Waals surface area contributed by atoms with Crippen molar-refractivity contribution in [3.8, 4) is 0 Å². The molecule has 0 bridgehead atoms. The zero-order valence-electron chi connectivity index (χ0n) is 7.30. The van der Waals surface area contributed by atoms with Gasteiger partial charge in [-0.15, -0.1) is 0 Å². The lowest BCUT2D eigenvalue weighted by atomic mass is 9.97. The molecule has 2 nitrogen and oxygen atoms in total. The van der Waals surface area contributed by atoms with Gasteiger partial charge in [0.1, 0.15) is 0 Å². The van der Waals surface area contributed by atoms with Crippen molar-refractivity contribution >= 4 is 16.8 Å². The molecule has 0 saturated heterocycles. The number of hydrogen-bond acceptors (Lipinski definition) is 2. The molecular formula is C8H10ClF2NO. The van der Waals surface area contributed by atoms with Crippen LogP contribution in [-0.4, -0.2) is 29.7 Å². The largest absolute Gasteiger partial charge is 0.377 e. The minimum absolute atomic E-state index is 0.00617. The van der Waals surface area contributed by atoms with E-state index in [-0.39, 0.29) is 11.6 Å². The molecule has 0 saturated carbocycles. The zero-order valence-corrected chi connectivity index (χ0v) is 8.05. The molecule has 13 heavy (non-hydrogen) atoms. The van der Waals surface area contributed by atoms with Crippen molar-refractivity contribution in [1.82, 2.24) is 4.90 Å². The van der Waals surface area contributed by atoms with E-state index in [4.69, 9.17) is 11.6 Å². The van der Waals surface area contributed by atoms with Gasteiger partial charge >= 0.3 is 0 Å². The molecule has 1 rings (SSSR count). The lowest BCUT2D eigenvalue weighted by Gasteiger charge is -2.22. The van der Waals surface area contributed by atoms with Crippen LogP contribution < -0.4 is 0 Å². The fraction of sp³-hybridized carbons (Fsp3) is 0.625. The third-order valence-electron chi connectivity index (χ3n) is 2.36. The number of carbonyl (C=O) groups excluding carboxylic acids is 1. The SMILES string of the molecule is CC1C(C(F)F)C(C(=O)Cl)=CN1C. The first-order chi connectivity index (χ1) is 5.95. The molecule has 5 heteroatoms. The monoisotopic (exact) mass is 209 g/mol. The van der Waals surface area contributed by atoms with Crippen LogP contribution in [0.4, 0.5) is 8.78 Å². The van der Waals surface area contributed by atoms with Crippen LogP contribution in [-0.2, 0) is 4.79 Å². The second-order valence-corrected chi connectivity index (χ2v) is 3.47. The van der Waals surface area contributed by atoms with Crippen LogP contribution in [0, 0.1) is 5.92 Å². The van der Waals surface area contributed by atoms with Crippen molar-refractivity contribution in [2.75, 3.05) is 7.05 Å². The van der Waals surface area contributed by atoms with Crippen molar-refractivity contribution < 1.29 is 13.6 Å². The molecule has 0 aromatic rings. The highest BCUT2D eigenvalue weighted by molar-refractivity contribution is 6.67. The molecule has 0 aliphatic carbocycles. The topological polar surface area (TPSA) is 20.3 Å². The molecule has 0 spiro atoms. The molecule has 2 atom stereocenters. The Bertz CT molecular complexity index is 255. The quantitative estimate of drug-likeness (QED) is 0.647. The Morgan fingerprint density at radius 1 is 1.69 bits per heavy atom. The van der Waals surface area contributed by atoms with E-state index in [1.54, 1.807) is 18.9 Å². The summed E-state index contributed by atoms with van der Waals surface area (Å²) < 4.78 is 25.0. The Morgan fingerprint density at radius 2 is 2.23 bits per heavy atom. The van der Waals surface area contributed by atoms with E-state index in [2.05, 4.69) is 0 Å². The summed E-state index contributed by atoms with van der Waals surface area (Å²) in [6.07, 6.45) is -1.16. The average molecular weight is 210 g/mol. The number of rotatable bonds is 2. The smallest absolute Gasteiger partial charge is 0.250 e. The van der Waals surface area contributed by atoms with Gasteiger partial charge in [0.2, 0.25) is 11.7 Å². The van der Waals surface area contributed by atoms with Gasteiger partial charge in [0, 0.05) is 24.9 Å². The summed E-state index contributed by atoms with van der Waals surface area (Å²) in [5.74, 6) is -1.06. The first-order valence-electron chi connectivity index (χ1n) is 3.86. The van der Waals surface area contributed by atoms with Crippen LogP contribution in [0.5, 0.6) is 0 Å². The molecule has 0 aromatic carbocycles. The maximum absolute atomic E-state index is 12.5. The molecule has 0 radical (unpaired) electrons. The maximum atomic E-state index is 12.5. The molecule has 1 aliphatic rings. The maximum Gasteiger partial charge on any atom is 0.250 e. The van der Waals surface area contributed by atoms with Gasteiger partial charge in [-0.25, -0.2) is 8.78 Å². The van der Waals surface area contributed by atoms with Crippen LogP contribution in [0.3, 0.4) is 0 Å². The average Bonchev–Trinajstić information content (AvgIpc) is 2.28. The summed E-state index contributed by atoms with van der Waals surface area (Å²) in [6, 6.07) is -0.377. The van der Waals surface area contributed by atoms with Gasteiger partial charge in [0.25, 0.3) is 0 Å². The van der Waals surface area contributed by atoms with Gasteiger partial charge in [0.05, 0.1) is 5.92 Å². The van der Waals surface area contributed by atoms with Crippen molar-refractivity contribution in [2.45, 2.75) is 19.4 Å². The summed E-state index contributed by atoms with van der Waals surface area (Å²) >= 11 is 5.19. The molecule has 2 unspecified atom stereocenters. The predicted octanol–water partition coefficient (Wildman–Crippen LogP) is 1.85. The molecule has 1 heterocycles. The van der Waals surface area contributed by atoms with Gasteiger partial charge in [-0.3, -0.25) is 4.79 Å². The van der Waals surface area contributed by atoms with E-state index in [1.807, 2.05) is 0 Å². The third kappa shape index (κ3) is 1.82. The van der Waals surface area contributed by atoms with Gasteiger partial charge in [-0.05, 0) is 18.5 Å². The molecule has 0 fully saturated rings. The minimum Gasteiger partial charge on any atom is -0.377 e. The van der Waals surface area contributed by atoms with Crippen LogP contribution in [0.15, 0.2) is 11.8 Å². The number of carbonyl (C=O) groups is 1. The van der Waals surface area contributed by atoms with Gasteiger partial charge in [-0.2, -0.15) is 0 Å². The van der Waals surface area contributed by atoms with Gasteiger partial charge < -0.3 is 4.90 Å². The molecule has 74 valence electrons. The summed E-state index contributed by atoms with van der Waals surface area (Å²) in [6.45, 7) is 1.64. The molecular weight excluding hydrogens is 200 g/mol. The van der Waals surface area contributed by atoms with E-state index in [1.165, 1.54) is 6.20 Å². The Balaban J connectivity index is 2.93. The zero-order chi connectivity index (χ0) is 10.2. The van der Waals surface area contributed by atoms with Crippen molar-refractivity contribution in [3.05, 3.63) is 11.8 Å². The number of alkyl halides is 2. The highest BCUT2D eigenvalue weighted by Crippen LogP contribution is 2.33. The fourth-order valence-corrected chi connectivity index (χ4v) is 1.64. The number of nitrogens with zero attached hydrogens (tertiary/aromatic N) is 1. The van der Waals surface area contributed by atoms with Crippen LogP contribution in [0.1, 0.15) is 6.92 Å². The predicted molar refractivity (Wildman–Crippen MR) is 45.7 cm³/mol. The molecule has 0 amide bonds. The van der Waals surface area contributed by atoms with E-state index in [9.17, 15) is 13.6 Å². The highest BCUT2D eigenvalue weighted by Gasteiger charge is 2.39. The molecule has 1 aliphatic heterocycles. The summed E-state index contributed by atoms with van der Waals surface area (Å²) in [4.78, 5) is 12.4. The Morgan fingerprint density at radius 3 is 2.54 bits per heavy atom. The van der Waals surface area contributed by atoms with Crippen molar-refractivity contribution in [1.29, 1.82) is 0 Å². The second kappa shape index (κ2) is 3.62. The second-order valence-electron chi connectivity index (χ2n) is 3.12. The lowest BCUT2D eigenvalue weighted by molar-refractivity contribution is -0.109. The van der Waals surface area contributed by atoms with E-state index < -0.39 is 17.6 Å². The first kappa shape index (κ1) is 10.4. The van der Waals surface area contributed by atoms with Crippen molar-refractivity contribution in [2.24, 2.45) is 5.92 Å². The van der Waals surface area contributed by atoms with E-state index >= 15 is 0 Å². The van der Waals surface area contributed by atoms with Gasteiger partial charge in [0.15, 0.2) is 0 Å². The number of hydrogen-bond donors (Lipinski definition) is 0. The summed E-state index contributed by atoms with van der Waals surface area (Å²) in [5, 5.41) is -0.790. The molecule has 0 aromatic heterocycles. The van der Waals surface area contributed by atoms with Crippen LogP contribution in [0.25, 0.3) is 0 Å². The lowest BCUT2D eigenvalue weighted by Crippen LogP contribution is -2.31. The molecule has 0 N–H and O–H groups in total. The summed E-state index contributed by atoms with van der Waals surface area (Å²) in [5.41, 5.74) is 0.00617. The Labute approximate surface area is 80.2 Å². The normalized spacial score (nSPS) is 28.2. The Kier molecular flexibility index (Phi) is 2.91. The standard InChI is InChI=1S/C8H10ClF2NO/c1-4-6(8(10)11)5(7(9)13)3-12(4)2/h3-4,6,8H,1-2H3. The third-order valence-corrected chi connectivity index (χ3v) is 2.58. The summed E-state index contributed by atoms with van der Waals surface area (Å²) in [7, 11) is 1.65. The Hall–Kier alpha value is -0.640.